The molecule has 6 nitrogen and oxygen atoms in total. The fourth-order valence-corrected chi connectivity index (χ4v) is 2.32. The fraction of sp³-hybridized carbons (Fsp3) is 0.357. The molecule has 20 heavy (non-hydrogen) atoms. The molecule has 1 atom stereocenters. The maximum Gasteiger partial charge on any atom is 0.276 e. The predicted octanol–water partition coefficient (Wildman–Crippen LogP) is 1.17. The van der Waals surface area contributed by atoms with E-state index in [1.807, 2.05) is 24.0 Å². The largest absolute Gasteiger partial charge is 0.355 e. The standard InChI is InChI=1S/C14H16N4O2/c1-10-9-16-6-7-18(10)14(19)12-8-13(20-17-12)11-2-4-15-5-3-11/h2-5,8,10,16H,6-7,9H2,1H3. The number of hydrogen-bond acceptors (Lipinski definition) is 5. The summed E-state index contributed by atoms with van der Waals surface area (Å²) in [5, 5.41) is 7.15. The maximum absolute atomic E-state index is 12.4. The molecule has 0 aromatic carbocycles. The predicted molar refractivity (Wildman–Crippen MR) is 73.1 cm³/mol. The van der Waals surface area contributed by atoms with E-state index >= 15 is 0 Å². The minimum Gasteiger partial charge on any atom is -0.355 e. The molecule has 1 unspecified atom stereocenters. The van der Waals surface area contributed by atoms with Gasteiger partial charge >= 0.3 is 0 Å². The fourth-order valence-electron chi connectivity index (χ4n) is 2.32. The van der Waals surface area contributed by atoms with E-state index in [0.717, 1.165) is 18.7 Å². The molecule has 3 rings (SSSR count). The van der Waals surface area contributed by atoms with E-state index in [2.05, 4.69) is 15.5 Å². The molecule has 104 valence electrons. The Morgan fingerprint density at radius 3 is 3.00 bits per heavy atom. The highest BCUT2D eigenvalue weighted by Crippen LogP contribution is 2.20. The van der Waals surface area contributed by atoms with Crippen LogP contribution in [0.4, 0.5) is 0 Å². The molecule has 3 heterocycles. The molecule has 1 fully saturated rings. The average Bonchev–Trinajstić information content (AvgIpc) is 2.98. The highest BCUT2D eigenvalue weighted by molar-refractivity contribution is 5.93. The molecule has 6 heteroatoms. The van der Waals surface area contributed by atoms with E-state index in [-0.39, 0.29) is 11.9 Å². The van der Waals surface area contributed by atoms with E-state index in [1.165, 1.54) is 0 Å². The molecule has 1 N–H and O–H groups in total. The topological polar surface area (TPSA) is 71.3 Å². The summed E-state index contributed by atoms with van der Waals surface area (Å²) in [7, 11) is 0. The van der Waals surface area contributed by atoms with Gasteiger partial charge in [0, 0.05) is 49.7 Å². The summed E-state index contributed by atoms with van der Waals surface area (Å²) in [4.78, 5) is 18.2. The summed E-state index contributed by atoms with van der Waals surface area (Å²) in [5.74, 6) is 0.501. The quantitative estimate of drug-likeness (QED) is 0.888. The van der Waals surface area contributed by atoms with Gasteiger partial charge in [-0.15, -0.1) is 0 Å². The zero-order chi connectivity index (χ0) is 13.9. The van der Waals surface area contributed by atoms with Gasteiger partial charge in [-0.05, 0) is 19.1 Å². The van der Waals surface area contributed by atoms with Gasteiger partial charge in [-0.25, -0.2) is 0 Å². The zero-order valence-electron chi connectivity index (χ0n) is 11.2. The van der Waals surface area contributed by atoms with Gasteiger partial charge in [0.2, 0.25) is 0 Å². The summed E-state index contributed by atoms with van der Waals surface area (Å²) >= 11 is 0. The molecule has 1 aliphatic rings. The first-order chi connectivity index (χ1) is 9.75. The van der Waals surface area contributed by atoms with Crippen molar-refractivity contribution in [2.75, 3.05) is 19.6 Å². The van der Waals surface area contributed by atoms with Gasteiger partial charge in [-0.1, -0.05) is 5.16 Å². The van der Waals surface area contributed by atoms with Crippen molar-refractivity contribution < 1.29 is 9.32 Å². The molecule has 0 bridgehead atoms. The Balaban J connectivity index is 1.81. The van der Waals surface area contributed by atoms with Gasteiger partial charge in [0.05, 0.1) is 0 Å². The summed E-state index contributed by atoms with van der Waals surface area (Å²) in [5.41, 5.74) is 1.21. The normalized spacial score (nSPS) is 19.1. The molecule has 2 aromatic rings. The third-order valence-corrected chi connectivity index (χ3v) is 3.46. The van der Waals surface area contributed by atoms with Crippen LogP contribution in [-0.2, 0) is 0 Å². The molecule has 0 aliphatic carbocycles. The second-order valence-corrected chi connectivity index (χ2v) is 4.86. The van der Waals surface area contributed by atoms with Crippen molar-refractivity contribution in [3.8, 4) is 11.3 Å². The van der Waals surface area contributed by atoms with Crippen molar-refractivity contribution in [2.24, 2.45) is 0 Å². The van der Waals surface area contributed by atoms with E-state index in [1.54, 1.807) is 18.5 Å². The van der Waals surface area contributed by atoms with E-state index < -0.39 is 0 Å². The number of aromatic nitrogens is 2. The summed E-state index contributed by atoms with van der Waals surface area (Å²) in [6.45, 7) is 4.33. The molecule has 0 radical (unpaired) electrons. The van der Waals surface area contributed by atoms with Crippen molar-refractivity contribution in [3.05, 3.63) is 36.3 Å². The third-order valence-electron chi connectivity index (χ3n) is 3.46. The van der Waals surface area contributed by atoms with Crippen molar-refractivity contribution in [1.82, 2.24) is 20.4 Å². The first-order valence-corrected chi connectivity index (χ1v) is 6.64. The lowest BCUT2D eigenvalue weighted by Crippen LogP contribution is -2.52. The Labute approximate surface area is 116 Å². The third kappa shape index (κ3) is 2.42. The first kappa shape index (κ1) is 12.8. The highest BCUT2D eigenvalue weighted by Gasteiger charge is 2.26. The van der Waals surface area contributed by atoms with Crippen LogP contribution in [0.3, 0.4) is 0 Å². The Kier molecular flexibility index (Phi) is 3.47. The second-order valence-electron chi connectivity index (χ2n) is 4.86. The Morgan fingerprint density at radius 1 is 1.45 bits per heavy atom. The van der Waals surface area contributed by atoms with E-state index in [4.69, 9.17) is 4.52 Å². The van der Waals surface area contributed by atoms with Gasteiger partial charge in [0.25, 0.3) is 5.91 Å². The average molecular weight is 272 g/mol. The molecule has 0 saturated carbocycles. The number of carbonyl (C=O) groups is 1. The molecule has 1 amide bonds. The number of rotatable bonds is 2. The summed E-state index contributed by atoms with van der Waals surface area (Å²) in [6.07, 6.45) is 3.36. The van der Waals surface area contributed by atoms with Crippen molar-refractivity contribution in [2.45, 2.75) is 13.0 Å². The Bertz CT molecular complexity index is 596. The van der Waals surface area contributed by atoms with Crippen molar-refractivity contribution in [3.63, 3.8) is 0 Å². The van der Waals surface area contributed by atoms with Crippen LogP contribution in [0.15, 0.2) is 35.1 Å². The maximum atomic E-state index is 12.4. The summed E-state index contributed by atoms with van der Waals surface area (Å²) in [6, 6.07) is 5.49. The molecule has 1 saturated heterocycles. The number of nitrogens with zero attached hydrogens (tertiary/aromatic N) is 3. The van der Waals surface area contributed by atoms with Gasteiger partial charge in [-0.2, -0.15) is 0 Å². The number of nitrogens with one attached hydrogen (secondary N) is 1. The lowest BCUT2D eigenvalue weighted by molar-refractivity contribution is 0.0645. The smallest absolute Gasteiger partial charge is 0.276 e. The van der Waals surface area contributed by atoms with Crippen LogP contribution >= 0.6 is 0 Å². The minimum absolute atomic E-state index is 0.0805. The van der Waals surface area contributed by atoms with Crippen LogP contribution in [0.5, 0.6) is 0 Å². The van der Waals surface area contributed by atoms with Gasteiger partial charge in [-0.3, -0.25) is 9.78 Å². The number of carbonyl (C=O) groups excluding carboxylic acids is 1. The van der Waals surface area contributed by atoms with Gasteiger partial charge < -0.3 is 14.7 Å². The van der Waals surface area contributed by atoms with Gasteiger partial charge in [0.15, 0.2) is 11.5 Å². The van der Waals surface area contributed by atoms with Crippen LogP contribution in [0.25, 0.3) is 11.3 Å². The molecule has 0 spiro atoms. The zero-order valence-corrected chi connectivity index (χ0v) is 11.2. The van der Waals surface area contributed by atoms with E-state index in [9.17, 15) is 4.79 Å². The number of pyridine rings is 1. The lowest BCUT2D eigenvalue weighted by atomic mass is 10.1. The number of hydrogen-bond donors (Lipinski definition) is 1. The molecule has 2 aromatic heterocycles. The van der Waals surface area contributed by atoms with Crippen LogP contribution in [-0.4, -0.2) is 46.6 Å². The van der Waals surface area contributed by atoms with Crippen molar-refractivity contribution >= 4 is 5.91 Å². The second kappa shape index (κ2) is 5.42. The van der Waals surface area contributed by atoms with Crippen LogP contribution in [0, 0.1) is 0 Å². The van der Waals surface area contributed by atoms with E-state index in [0.29, 0.717) is 18.0 Å². The minimum atomic E-state index is -0.0805. The number of amides is 1. The molecule has 1 aliphatic heterocycles. The SMILES string of the molecule is CC1CNCCN1C(=O)c1cc(-c2ccncc2)on1. The summed E-state index contributed by atoms with van der Waals surface area (Å²) < 4.78 is 5.26. The molecular weight excluding hydrogens is 256 g/mol. The van der Waals surface area contributed by atoms with Crippen LogP contribution in [0.2, 0.25) is 0 Å². The molecular formula is C14H16N4O2. The van der Waals surface area contributed by atoms with Crippen molar-refractivity contribution in [1.29, 1.82) is 0 Å². The highest BCUT2D eigenvalue weighted by atomic mass is 16.5. The van der Waals surface area contributed by atoms with Gasteiger partial charge in [0.1, 0.15) is 0 Å². The Morgan fingerprint density at radius 2 is 2.25 bits per heavy atom. The first-order valence-electron chi connectivity index (χ1n) is 6.64. The number of piperazine rings is 1. The lowest BCUT2D eigenvalue weighted by Gasteiger charge is -2.33. The van der Waals surface area contributed by atoms with Crippen LogP contribution in [0.1, 0.15) is 17.4 Å². The monoisotopic (exact) mass is 272 g/mol. The van der Waals surface area contributed by atoms with Crippen LogP contribution < -0.4 is 5.32 Å². The Hall–Kier alpha value is -2.21.